The highest BCUT2D eigenvalue weighted by molar-refractivity contribution is 6.06. The van der Waals surface area contributed by atoms with Crippen molar-refractivity contribution in [1.82, 2.24) is 15.0 Å². The number of rotatable bonds is 2. The van der Waals surface area contributed by atoms with Crippen LogP contribution in [0.25, 0.3) is 0 Å². The molecule has 0 N–H and O–H groups in total. The zero-order valence-corrected chi connectivity index (χ0v) is 5.41. The first-order valence-corrected chi connectivity index (χ1v) is 2.96. The first kappa shape index (κ1) is 6.33. The molecule has 0 aromatic carbocycles. The van der Waals surface area contributed by atoms with E-state index in [0.29, 0.717) is 6.44 Å². The number of hydrogen-bond donors (Lipinski definition) is 0. The number of hydrogen-bond acceptors (Lipinski definition) is 2. The maximum absolute atomic E-state index is 5.28. The molecule has 0 amide bonds. The van der Waals surface area contributed by atoms with Crippen LogP contribution in [0.1, 0.15) is 12.6 Å². The van der Waals surface area contributed by atoms with Crippen LogP contribution in [0, 0.1) is 0 Å². The smallest absolute Gasteiger partial charge is 0.0973 e. The summed E-state index contributed by atoms with van der Waals surface area (Å²) in [5.74, 6) is 0. The van der Waals surface area contributed by atoms with E-state index in [1.54, 1.807) is 4.68 Å². The van der Waals surface area contributed by atoms with E-state index in [2.05, 4.69) is 10.3 Å². The van der Waals surface area contributed by atoms with Gasteiger partial charge in [-0.25, -0.2) is 0 Å². The summed E-state index contributed by atoms with van der Waals surface area (Å²) in [7, 11) is 5.28. The minimum absolute atomic E-state index is 0.410. The van der Waals surface area contributed by atoms with Crippen LogP contribution in [0.4, 0.5) is 0 Å². The van der Waals surface area contributed by atoms with Gasteiger partial charge in [0.1, 0.15) is 0 Å². The van der Waals surface area contributed by atoms with Crippen molar-refractivity contribution in [2.45, 2.75) is 19.8 Å². The zero-order chi connectivity index (χ0) is 6.69. The van der Waals surface area contributed by atoms with E-state index in [0.717, 1.165) is 12.1 Å². The van der Waals surface area contributed by atoms with Gasteiger partial charge < -0.3 is 0 Å². The summed E-state index contributed by atoms with van der Waals surface area (Å²) in [5.41, 5.74) is 0.987. The average molecular weight is 121 g/mol. The molecule has 0 saturated heterocycles. The number of aryl methyl sites for hydroxylation is 1. The molecule has 4 heteroatoms. The van der Waals surface area contributed by atoms with Crippen molar-refractivity contribution < 1.29 is 0 Å². The predicted molar refractivity (Wildman–Crippen MR) is 35.2 cm³/mol. The third-order valence-electron chi connectivity index (χ3n) is 1.14. The fourth-order valence-corrected chi connectivity index (χ4v) is 0.590. The summed E-state index contributed by atoms with van der Waals surface area (Å²) in [4.78, 5) is 0. The topological polar surface area (TPSA) is 30.7 Å². The summed E-state index contributed by atoms with van der Waals surface area (Å²) in [6.45, 7) is 2.03. The molecule has 2 radical (unpaired) electrons. The van der Waals surface area contributed by atoms with Crippen molar-refractivity contribution in [3.8, 4) is 0 Å². The van der Waals surface area contributed by atoms with E-state index in [1.165, 1.54) is 0 Å². The molecular formula is C5H8BN3. The van der Waals surface area contributed by atoms with Crippen molar-refractivity contribution in [2.24, 2.45) is 0 Å². The van der Waals surface area contributed by atoms with Crippen LogP contribution in [0.2, 0.25) is 0 Å². The highest BCUT2D eigenvalue weighted by Crippen LogP contribution is 1.90. The first-order valence-electron chi connectivity index (χ1n) is 2.96. The lowest BCUT2D eigenvalue weighted by atomic mass is 10.2. The molecule has 0 unspecified atom stereocenters. The van der Waals surface area contributed by atoms with E-state index in [1.807, 2.05) is 13.1 Å². The molecule has 0 spiro atoms. The van der Waals surface area contributed by atoms with Gasteiger partial charge in [-0.3, -0.25) is 4.68 Å². The van der Waals surface area contributed by atoms with Crippen LogP contribution in [-0.2, 0) is 12.9 Å². The second-order valence-electron chi connectivity index (χ2n) is 1.79. The number of nitrogens with zero attached hydrogens (tertiary/aromatic N) is 3. The summed E-state index contributed by atoms with van der Waals surface area (Å²) in [5, 5.41) is 7.59. The Morgan fingerprint density at radius 3 is 2.89 bits per heavy atom. The van der Waals surface area contributed by atoms with Gasteiger partial charge in [-0.1, -0.05) is 12.1 Å². The van der Waals surface area contributed by atoms with Gasteiger partial charge in [0.05, 0.1) is 13.5 Å². The number of aromatic nitrogens is 3. The van der Waals surface area contributed by atoms with Gasteiger partial charge in [-0.2, -0.15) is 0 Å². The maximum Gasteiger partial charge on any atom is 0.0973 e. The average Bonchev–Trinajstić information content (AvgIpc) is 2.34. The first-order chi connectivity index (χ1) is 4.36. The standard InChI is InChI=1S/C5H8BN3/c1-2-5-3-9(4-6)8-7-5/h3H,2,4H2,1H3. The third-order valence-corrected chi connectivity index (χ3v) is 1.14. The largest absolute Gasteiger partial charge is 0.261 e. The van der Waals surface area contributed by atoms with Crippen molar-refractivity contribution in [1.29, 1.82) is 0 Å². The SMILES string of the molecule is [B]Cn1cc(CC)nn1. The summed E-state index contributed by atoms with van der Waals surface area (Å²) >= 11 is 0. The van der Waals surface area contributed by atoms with Gasteiger partial charge in [0.2, 0.25) is 0 Å². The Morgan fingerprint density at radius 1 is 1.78 bits per heavy atom. The Morgan fingerprint density at radius 2 is 2.56 bits per heavy atom. The van der Waals surface area contributed by atoms with Gasteiger partial charge in [-0.05, 0) is 6.42 Å². The Bertz CT molecular complexity index is 166. The molecule has 1 aromatic rings. The molecule has 9 heavy (non-hydrogen) atoms. The van der Waals surface area contributed by atoms with Crippen LogP contribution in [0.3, 0.4) is 0 Å². The van der Waals surface area contributed by atoms with Crippen LogP contribution >= 0.6 is 0 Å². The third kappa shape index (κ3) is 1.31. The molecule has 0 aliphatic heterocycles. The molecule has 1 rings (SSSR count). The van der Waals surface area contributed by atoms with Gasteiger partial charge >= 0.3 is 0 Å². The Hall–Kier alpha value is -0.795. The van der Waals surface area contributed by atoms with Gasteiger partial charge in [0.15, 0.2) is 0 Å². The normalized spacial score (nSPS) is 9.89. The second kappa shape index (κ2) is 2.66. The molecule has 1 aromatic heterocycles. The fraction of sp³-hybridized carbons (Fsp3) is 0.600. The molecule has 0 saturated carbocycles. The van der Waals surface area contributed by atoms with Crippen molar-refractivity contribution >= 4 is 7.85 Å². The van der Waals surface area contributed by atoms with E-state index < -0.39 is 0 Å². The predicted octanol–water partition coefficient (Wildman–Crippen LogP) is -0.0335. The van der Waals surface area contributed by atoms with Gasteiger partial charge in [0, 0.05) is 12.6 Å². The van der Waals surface area contributed by atoms with Crippen molar-refractivity contribution in [3.63, 3.8) is 0 Å². The highest BCUT2D eigenvalue weighted by Gasteiger charge is 1.92. The maximum atomic E-state index is 5.28. The molecule has 0 fully saturated rings. The van der Waals surface area contributed by atoms with Crippen LogP contribution in [0.5, 0.6) is 0 Å². The lowest BCUT2D eigenvalue weighted by Gasteiger charge is -1.86. The lowest BCUT2D eigenvalue weighted by Crippen LogP contribution is -1.96. The molecule has 3 nitrogen and oxygen atoms in total. The molecule has 0 aliphatic carbocycles. The summed E-state index contributed by atoms with van der Waals surface area (Å²) < 4.78 is 1.61. The minimum Gasteiger partial charge on any atom is -0.261 e. The van der Waals surface area contributed by atoms with E-state index in [-0.39, 0.29) is 0 Å². The quantitative estimate of drug-likeness (QED) is 0.514. The van der Waals surface area contributed by atoms with Crippen LogP contribution in [0.15, 0.2) is 6.20 Å². The summed E-state index contributed by atoms with van der Waals surface area (Å²) in [6, 6.07) is 0. The van der Waals surface area contributed by atoms with Crippen molar-refractivity contribution in [3.05, 3.63) is 11.9 Å². The lowest BCUT2D eigenvalue weighted by molar-refractivity contribution is 0.694. The molecule has 0 bridgehead atoms. The van der Waals surface area contributed by atoms with Gasteiger partial charge in [0.25, 0.3) is 0 Å². The molecule has 1 heterocycles. The molecule has 46 valence electrons. The minimum atomic E-state index is 0.410. The van der Waals surface area contributed by atoms with E-state index in [9.17, 15) is 0 Å². The summed E-state index contributed by atoms with van der Waals surface area (Å²) in [6.07, 6.45) is 3.17. The van der Waals surface area contributed by atoms with Crippen LogP contribution < -0.4 is 0 Å². The van der Waals surface area contributed by atoms with Crippen molar-refractivity contribution in [2.75, 3.05) is 0 Å². The Balaban J connectivity index is 2.74. The van der Waals surface area contributed by atoms with Gasteiger partial charge in [-0.15, -0.1) is 5.10 Å². The monoisotopic (exact) mass is 121 g/mol. The molecule has 0 aliphatic rings. The molecular weight excluding hydrogens is 113 g/mol. The Labute approximate surface area is 55.5 Å². The second-order valence-corrected chi connectivity index (χ2v) is 1.79. The molecule has 0 atom stereocenters. The Kier molecular flexibility index (Phi) is 1.87. The zero-order valence-electron chi connectivity index (χ0n) is 5.41. The fourth-order valence-electron chi connectivity index (χ4n) is 0.590. The van der Waals surface area contributed by atoms with E-state index in [4.69, 9.17) is 7.85 Å². The van der Waals surface area contributed by atoms with Crippen LogP contribution in [-0.4, -0.2) is 22.8 Å². The highest BCUT2D eigenvalue weighted by atomic mass is 15.4. The van der Waals surface area contributed by atoms with E-state index >= 15 is 0 Å².